The number of phenols is 1. The van der Waals surface area contributed by atoms with E-state index in [0.717, 1.165) is 6.08 Å². The van der Waals surface area contributed by atoms with Crippen LogP contribution in [-0.4, -0.2) is 34.5 Å². The molecule has 0 fully saturated rings. The normalized spacial score (nSPS) is 14.4. The van der Waals surface area contributed by atoms with Gasteiger partial charge in [-0.3, -0.25) is 0 Å². The minimum absolute atomic E-state index is 0.122. The second-order valence-electron chi connectivity index (χ2n) is 4.56. The minimum atomic E-state index is -1.11. The van der Waals surface area contributed by atoms with E-state index in [1.807, 2.05) is 0 Å². The van der Waals surface area contributed by atoms with Gasteiger partial charge < -0.3 is 20.1 Å². The van der Waals surface area contributed by atoms with Crippen LogP contribution in [0.4, 0.5) is 0 Å². The summed E-state index contributed by atoms with van der Waals surface area (Å²) in [7, 11) is 1.39. The molecule has 0 aromatic heterocycles. The molecular formula is C16H16O5. The monoisotopic (exact) mass is 288 g/mol. The number of phenolic OH excluding ortho intramolecular Hbond substituents is 1. The summed E-state index contributed by atoms with van der Waals surface area (Å²) in [4.78, 5) is 10.6. The molecular weight excluding hydrogens is 272 g/mol. The number of carboxylic acid groups (broad SMARTS) is 1. The Bertz CT molecular complexity index is 677. The second-order valence-corrected chi connectivity index (χ2v) is 4.56. The molecule has 0 saturated heterocycles. The van der Waals surface area contributed by atoms with Crippen LogP contribution in [0, 0.1) is 0 Å². The third-order valence-corrected chi connectivity index (χ3v) is 3.27. The Balaban J connectivity index is 2.45. The molecule has 0 amide bonds. The van der Waals surface area contributed by atoms with Gasteiger partial charge in [-0.05, 0) is 23.1 Å². The first-order chi connectivity index (χ1) is 10.0. The third kappa shape index (κ3) is 3.21. The van der Waals surface area contributed by atoms with Crippen LogP contribution in [0.2, 0.25) is 0 Å². The summed E-state index contributed by atoms with van der Waals surface area (Å²) in [5.74, 6) is -0.989. The lowest BCUT2D eigenvalue weighted by molar-refractivity contribution is -0.131. The van der Waals surface area contributed by atoms with E-state index in [0.29, 0.717) is 16.3 Å². The van der Waals surface area contributed by atoms with Crippen molar-refractivity contribution in [3.8, 4) is 5.75 Å². The highest BCUT2D eigenvalue weighted by molar-refractivity contribution is 5.91. The number of carbonyl (C=O) groups is 1. The molecule has 0 saturated carbocycles. The van der Waals surface area contributed by atoms with Crippen molar-refractivity contribution < 1.29 is 24.9 Å². The largest absolute Gasteiger partial charge is 0.507 e. The number of aliphatic hydroxyl groups excluding tert-OH is 1. The van der Waals surface area contributed by atoms with Crippen LogP contribution in [0.25, 0.3) is 10.8 Å². The molecule has 0 aliphatic carbocycles. The lowest BCUT2D eigenvalue weighted by Gasteiger charge is -2.20. The van der Waals surface area contributed by atoms with Crippen molar-refractivity contribution in [2.24, 2.45) is 0 Å². The van der Waals surface area contributed by atoms with Crippen LogP contribution in [0.3, 0.4) is 0 Å². The highest BCUT2D eigenvalue weighted by Gasteiger charge is 2.21. The maximum Gasteiger partial charge on any atom is 0.328 e. The van der Waals surface area contributed by atoms with Crippen LogP contribution in [-0.2, 0) is 9.53 Å². The zero-order valence-corrected chi connectivity index (χ0v) is 11.4. The molecule has 0 aliphatic rings. The number of aliphatic carboxylic acids is 1. The van der Waals surface area contributed by atoms with Gasteiger partial charge in [0.1, 0.15) is 18.0 Å². The van der Waals surface area contributed by atoms with E-state index >= 15 is 0 Å². The Morgan fingerprint density at radius 1 is 1.19 bits per heavy atom. The average molecular weight is 288 g/mol. The lowest BCUT2D eigenvalue weighted by atomic mass is 9.96. The second kappa shape index (κ2) is 6.39. The van der Waals surface area contributed by atoms with Gasteiger partial charge in [-0.25, -0.2) is 4.79 Å². The fourth-order valence-corrected chi connectivity index (χ4v) is 2.23. The molecule has 0 heterocycles. The molecule has 0 aliphatic heterocycles. The van der Waals surface area contributed by atoms with Gasteiger partial charge in [0.15, 0.2) is 0 Å². The number of aromatic hydroxyl groups is 1. The van der Waals surface area contributed by atoms with Crippen LogP contribution in [0.1, 0.15) is 11.7 Å². The molecule has 2 rings (SSSR count). The van der Waals surface area contributed by atoms with Crippen molar-refractivity contribution in [3.05, 3.63) is 54.1 Å². The zero-order valence-electron chi connectivity index (χ0n) is 11.4. The number of aliphatic hydroxyl groups is 1. The summed E-state index contributed by atoms with van der Waals surface area (Å²) in [5.41, 5.74) is 0.560. The molecule has 21 heavy (non-hydrogen) atoms. The van der Waals surface area contributed by atoms with Gasteiger partial charge in [-0.2, -0.15) is 0 Å². The molecule has 0 bridgehead atoms. The van der Waals surface area contributed by atoms with E-state index in [1.54, 1.807) is 30.3 Å². The lowest BCUT2D eigenvalue weighted by Crippen LogP contribution is -2.19. The Labute approximate surface area is 121 Å². The van der Waals surface area contributed by atoms with Crippen LogP contribution in [0.15, 0.2) is 48.6 Å². The quantitative estimate of drug-likeness (QED) is 0.734. The van der Waals surface area contributed by atoms with E-state index in [4.69, 9.17) is 9.84 Å². The van der Waals surface area contributed by atoms with Crippen LogP contribution >= 0.6 is 0 Å². The van der Waals surface area contributed by atoms with Crippen LogP contribution < -0.4 is 0 Å². The van der Waals surface area contributed by atoms with Gasteiger partial charge in [0.2, 0.25) is 0 Å². The van der Waals surface area contributed by atoms with Crippen molar-refractivity contribution in [3.63, 3.8) is 0 Å². The molecule has 2 aromatic rings. The van der Waals surface area contributed by atoms with Gasteiger partial charge in [0, 0.05) is 18.6 Å². The first-order valence-corrected chi connectivity index (χ1v) is 6.37. The summed E-state index contributed by atoms with van der Waals surface area (Å²) in [6.45, 7) is 0. The van der Waals surface area contributed by atoms with Gasteiger partial charge in [0.05, 0.1) is 0 Å². The number of methoxy groups -OCH3 is 1. The topological polar surface area (TPSA) is 87.0 Å². The summed E-state index contributed by atoms with van der Waals surface area (Å²) < 4.78 is 5.13. The summed E-state index contributed by atoms with van der Waals surface area (Å²) in [5, 5.41) is 30.2. The molecule has 0 unspecified atom stereocenters. The average Bonchev–Trinajstić information content (AvgIpc) is 2.48. The Morgan fingerprint density at radius 2 is 1.86 bits per heavy atom. The van der Waals surface area contributed by atoms with Gasteiger partial charge in [0.25, 0.3) is 0 Å². The Morgan fingerprint density at radius 3 is 2.48 bits per heavy atom. The van der Waals surface area contributed by atoms with Gasteiger partial charge in [-0.1, -0.05) is 30.3 Å². The van der Waals surface area contributed by atoms with E-state index < -0.39 is 18.2 Å². The number of hydrogen-bond donors (Lipinski definition) is 3. The Kier molecular flexibility index (Phi) is 4.57. The molecule has 110 valence electrons. The third-order valence-electron chi connectivity index (χ3n) is 3.27. The van der Waals surface area contributed by atoms with Crippen molar-refractivity contribution in [1.82, 2.24) is 0 Å². The molecule has 2 aromatic carbocycles. The van der Waals surface area contributed by atoms with E-state index in [1.165, 1.54) is 19.3 Å². The maximum absolute atomic E-state index is 10.6. The molecule has 3 N–H and O–H groups in total. The molecule has 0 spiro atoms. The summed E-state index contributed by atoms with van der Waals surface area (Å²) >= 11 is 0. The fraction of sp³-hybridized carbons (Fsp3) is 0.188. The number of ether oxygens (including phenoxy) is 1. The number of rotatable bonds is 5. The van der Waals surface area contributed by atoms with Crippen molar-refractivity contribution >= 4 is 16.7 Å². The number of fused-ring (bicyclic) bond motifs is 1. The first-order valence-electron chi connectivity index (χ1n) is 6.37. The molecule has 0 radical (unpaired) electrons. The molecule has 5 nitrogen and oxygen atoms in total. The van der Waals surface area contributed by atoms with E-state index in [-0.39, 0.29) is 5.75 Å². The molecule has 2 atom stereocenters. The Hall–Kier alpha value is -2.37. The van der Waals surface area contributed by atoms with Crippen molar-refractivity contribution in [2.45, 2.75) is 12.2 Å². The van der Waals surface area contributed by atoms with Crippen molar-refractivity contribution in [2.75, 3.05) is 7.11 Å². The smallest absolute Gasteiger partial charge is 0.328 e. The standard InChI is InChI=1S/C16H16O5/c1-21-14(8-9-15(18)19)16(20)12-6-7-13(17)11-5-3-2-4-10(11)12/h2-9,14,16-17,20H,1H3,(H,18,19)/b9-8+/t14-,16-/m0/s1. The molecule has 5 heteroatoms. The van der Waals surface area contributed by atoms with Crippen molar-refractivity contribution in [1.29, 1.82) is 0 Å². The SMILES string of the molecule is CO[C@@H](/C=C/C(=O)O)[C@@H](O)c1ccc(O)c2ccccc12. The summed E-state index contributed by atoms with van der Waals surface area (Å²) in [6.07, 6.45) is 0.374. The number of hydrogen-bond acceptors (Lipinski definition) is 4. The number of benzene rings is 2. The number of carboxylic acids is 1. The highest BCUT2D eigenvalue weighted by Crippen LogP contribution is 2.32. The predicted molar refractivity (Wildman–Crippen MR) is 78.1 cm³/mol. The minimum Gasteiger partial charge on any atom is -0.507 e. The zero-order chi connectivity index (χ0) is 15.4. The van der Waals surface area contributed by atoms with Crippen LogP contribution in [0.5, 0.6) is 5.75 Å². The highest BCUT2D eigenvalue weighted by atomic mass is 16.5. The van der Waals surface area contributed by atoms with E-state index in [9.17, 15) is 15.0 Å². The first kappa shape index (κ1) is 15.0. The fourth-order valence-electron chi connectivity index (χ4n) is 2.23. The van der Waals surface area contributed by atoms with Gasteiger partial charge in [-0.15, -0.1) is 0 Å². The maximum atomic E-state index is 10.6. The predicted octanol–water partition coefficient (Wildman–Crippen LogP) is 2.23. The van der Waals surface area contributed by atoms with Gasteiger partial charge >= 0.3 is 5.97 Å². The van der Waals surface area contributed by atoms with E-state index in [2.05, 4.69) is 0 Å². The summed E-state index contributed by atoms with van der Waals surface area (Å²) in [6, 6.07) is 10.2.